The second kappa shape index (κ2) is 15.2. The number of aromatic nitrogens is 4. The van der Waals surface area contributed by atoms with Crippen LogP contribution >= 0.6 is 11.3 Å². The zero-order valence-corrected chi connectivity index (χ0v) is 28.1. The number of carbonyl (C=O) groups excluding carboxylic acids is 4. The van der Waals surface area contributed by atoms with Gasteiger partial charge in [-0.25, -0.2) is 19.9 Å². The average Bonchev–Trinajstić information content (AvgIpc) is 3.69. The highest BCUT2D eigenvalue weighted by atomic mass is 32.1. The SMILES string of the molecule is Cc1nc(N)ncc1C(=O)N1CCCC(=O)N[C@@H](Cc2ccccc2)c2nc(c(C)o2)C(=O)N[C@@H](C(C)C)c2nc(cs2)C(=O)NCC1. The monoisotopic (exact) mass is 673 g/mol. The second-order valence-corrected chi connectivity index (χ2v) is 12.8. The van der Waals surface area contributed by atoms with E-state index >= 15 is 0 Å². The van der Waals surface area contributed by atoms with Crippen LogP contribution in [-0.4, -0.2) is 68.1 Å². The first kappa shape index (κ1) is 34.2. The van der Waals surface area contributed by atoms with Crippen LogP contribution in [-0.2, 0) is 11.2 Å². The van der Waals surface area contributed by atoms with E-state index in [0.717, 1.165) is 5.56 Å². The lowest BCUT2D eigenvalue weighted by molar-refractivity contribution is -0.122. The molecule has 4 amide bonds. The van der Waals surface area contributed by atoms with Crippen molar-refractivity contribution < 1.29 is 23.6 Å². The number of nitrogens with one attached hydrogen (secondary N) is 3. The van der Waals surface area contributed by atoms with Gasteiger partial charge in [0.15, 0.2) is 5.69 Å². The molecule has 252 valence electrons. The molecule has 3 aromatic heterocycles. The third-order valence-electron chi connectivity index (χ3n) is 7.93. The minimum atomic E-state index is -0.657. The van der Waals surface area contributed by atoms with Gasteiger partial charge >= 0.3 is 0 Å². The molecule has 5 N–H and O–H groups in total. The van der Waals surface area contributed by atoms with Crippen molar-refractivity contribution in [3.63, 3.8) is 0 Å². The van der Waals surface area contributed by atoms with E-state index in [1.807, 2.05) is 44.2 Å². The molecule has 2 atom stereocenters. The van der Waals surface area contributed by atoms with E-state index in [4.69, 9.17) is 10.2 Å². The standard InChI is InChI=1S/C33H39N9O5S/c1-18(2)26-31-39-24(17-48-31)28(44)35-12-14-42(32(46)22-16-36-33(34)37-19(22)3)13-8-11-25(43)38-23(15-21-9-6-5-7-10-21)30-41-27(20(4)47-30)29(45)40-26/h5-7,9-10,16-18,23,26H,8,11-15H2,1-4H3,(H,35,44)(H,38,43)(H,40,45)(H2,34,36,37)/t23-,26-/m0/s1. The van der Waals surface area contributed by atoms with Crippen molar-refractivity contribution in [2.24, 2.45) is 5.92 Å². The highest BCUT2D eigenvalue weighted by Gasteiger charge is 2.29. The number of carbonyl (C=O) groups is 4. The van der Waals surface area contributed by atoms with Crippen molar-refractivity contribution in [1.29, 1.82) is 0 Å². The number of fused-ring (bicyclic) bond motifs is 4. The first-order valence-electron chi connectivity index (χ1n) is 15.7. The fourth-order valence-electron chi connectivity index (χ4n) is 5.36. The van der Waals surface area contributed by atoms with Gasteiger partial charge in [0.1, 0.15) is 22.5 Å². The van der Waals surface area contributed by atoms with Crippen LogP contribution in [0, 0.1) is 19.8 Å². The number of nitrogen functional groups attached to an aromatic ring is 1. The number of thiazole rings is 1. The van der Waals surface area contributed by atoms with E-state index in [-0.39, 0.29) is 72.6 Å². The molecule has 14 nitrogen and oxygen atoms in total. The molecule has 0 aliphatic carbocycles. The molecule has 15 heteroatoms. The van der Waals surface area contributed by atoms with Crippen molar-refractivity contribution in [3.8, 4) is 0 Å². The van der Waals surface area contributed by atoms with E-state index in [1.54, 1.807) is 24.1 Å². The number of hydrogen-bond donors (Lipinski definition) is 4. The van der Waals surface area contributed by atoms with Crippen molar-refractivity contribution in [2.45, 2.75) is 59.0 Å². The van der Waals surface area contributed by atoms with Gasteiger partial charge in [-0.3, -0.25) is 19.2 Å². The molecule has 0 unspecified atom stereocenters. The zero-order chi connectivity index (χ0) is 34.4. The Morgan fingerprint density at radius 2 is 1.83 bits per heavy atom. The van der Waals surface area contributed by atoms with Crippen LogP contribution in [0.5, 0.6) is 0 Å². The smallest absolute Gasteiger partial charge is 0.274 e. The number of amides is 4. The van der Waals surface area contributed by atoms with E-state index in [2.05, 4.69) is 35.9 Å². The minimum Gasteiger partial charge on any atom is -0.443 e. The molecule has 48 heavy (non-hydrogen) atoms. The predicted octanol–water partition coefficient (Wildman–Crippen LogP) is 3.31. The van der Waals surface area contributed by atoms with Crippen LogP contribution in [0.1, 0.15) is 98.0 Å². The molecule has 0 saturated carbocycles. The summed E-state index contributed by atoms with van der Waals surface area (Å²) < 4.78 is 6.00. The van der Waals surface area contributed by atoms with E-state index < -0.39 is 23.9 Å². The Kier molecular flexibility index (Phi) is 10.8. The third-order valence-corrected chi connectivity index (χ3v) is 8.86. The lowest BCUT2D eigenvalue weighted by Gasteiger charge is -2.24. The fraction of sp³-hybridized carbons (Fsp3) is 0.394. The molecular weight excluding hydrogens is 634 g/mol. The predicted molar refractivity (Wildman–Crippen MR) is 178 cm³/mol. The quantitative estimate of drug-likeness (QED) is 0.249. The maximum atomic E-state index is 13.6. The number of hydrogen-bond acceptors (Lipinski definition) is 11. The average molecular weight is 674 g/mol. The van der Waals surface area contributed by atoms with Crippen LogP contribution in [0.3, 0.4) is 0 Å². The van der Waals surface area contributed by atoms with Crippen LogP contribution in [0.2, 0.25) is 0 Å². The van der Waals surface area contributed by atoms with Crippen LogP contribution in [0.4, 0.5) is 5.95 Å². The Balaban J connectivity index is 1.46. The molecule has 1 aromatic carbocycles. The van der Waals surface area contributed by atoms with Crippen LogP contribution < -0.4 is 21.7 Å². The summed E-state index contributed by atoms with van der Waals surface area (Å²) in [7, 11) is 0. The van der Waals surface area contributed by atoms with Crippen molar-refractivity contribution in [2.75, 3.05) is 25.4 Å². The zero-order valence-electron chi connectivity index (χ0n) is 27.3. The van der Waals surface area contributed by atoms with Gasteiger partial charge in [0.2, 0.25) is 17.7 Å². The molecule has 4 aromatic rings. The van der Waals surface area contributed by atoms with Gasteiger partial charge in [-0.05, 0) is 31.7 Å². The Morgan fingerprint density at radius 1 is 1.06 bits per heavy atom. The maximum absolute atomic E-state index is 13.6. The van der Waals surface area contributed by atoms with Gasteiger partial charge in [0, 0.05) is 44.1 Å². The molecule has 4 bridgehead atoms. The largest absolute Gasteiger partial charge is 0.443 e. The second-order valence-electron chi connectivity index (χ2n) is 11.9. The molecule has 1 aliphatic heterocycles. The van der Waals surface area contributed by atoms with Crippen molar-refractivity contribution in [1.82, 2.24) is 40.8 Å². The molecule has 4 heterocycles. The Labute approximate surface area is 282 Å². The number of benzene rings is 1. The molecular formula is C33H39N9O5S. The normalized spacial score (nSPS) is 18.2. The third kappa shape index (κ3) is 8.20. The summed E-state index contributed by atoms with van der Waals surface area (Å²) in [6.45, 7) is 7.71. The molecule has 1 aliphatic rings. The Morgan fingerprint density at radius 3 is 2.56 bits per heavy atom. The molecule has 0 spiro atoms. The summed E-state index contributed by atoms with van der Waals surface area (Å²) in [5.41, 5.74) is 7.64. The number of nitrogens with zero attached hydrogens (tertiary/aromatic N) is 5. The summed E-state index contributed by atoms with van der Waals surface area (Å²) in [5.74, 6) is -0.994. The first-order chi connectivity index (χ1) is 23.0. The Bertz CT molecular complexity index is 1790. The summed E-state index contributed by atoms with van der Waals surface area (Å²) in [6.07, 6.45) is 2.17. The van der Waals surface area contributed by atoms with Crippen molar-refractivity contribution >= 4 is 40.9 Å². The number of nitrogens with two attached hydrogens (primary N) is 1. The summed E-state index contributed by atoms with van der Waals surface area (Å²) >= 11 is 1.27. The molecule has 0 radical (unpaired) electrons. The van der Waals surface area contributed by atoms with Gasteiger partial charge in [0.05, 0.1) is 17.3 Å². The molecule has 0 fully saturated rings. The van der Waals surface area contributed by atoms with Gasteiger partial charge in [-0.1, -0.05) is 44.2 Å². The number of anilines is 1. The first-order valence-corrected chi connectivity index (χ1v) is 16.6. The lowest BCUT2D eigenvalue weighted by atomic mass is 10.0. The van der Waals surface area contributed by atoms with Gasteiger partial charge in [-0.2, -0.15) is 0 Å². The van der Waals surface area contributed by atoms with E-state index in [0.29, 0.717) is 29.3 Å². The van der Waals surface area contributed by atoms with E-state index in [1.165, 1.54) is 17.5 Å². The lowest BCUT2D eigenvalue weighted by Crippen LogP contribution is -2.40. The van der Waals surface area contributed by atoms with Gasteiger partial charge in [0.25, 0.3) is 17.7 Å². The van der Waals surface area contributed by atoms with Crippen molar-refractivity contribution in [3.05, 3.63) is 86.8 Å². The number of aryl methyl sites for hydroxylation is 2. The van der Waals surface area contributed by atoms with E-state index in [9.17, 15) is 19.2 Å². The number of oxazole rings is 1. The topological polar surface area (TPSA) is 198 Å². The minimum absolute atomic E-state index is 0.0551. The van der Waals surface area contributed by atoms with Crippen LogP contribution in [0.25, 0.3) is 0 Å². The molecule has 0 saturated heterocycles. The molecule has 5 rings (SSSR count). The number of rotatable bonds is 4. The summed E-state index contributed by atoms with van der Waals surface area (Å²) in [4.78, 5) is 72.2. The highest BCUT2D eigenvalue weighted by Crippen LogP contribution is 2.27. The van der Waals surface area contributed by atoms with Gasteiger partial charge < -0.3 is 31.0 Å². The summed E-state index contributed by atoms with van der Waals surface area (Å²) in [5, 5.41) is 11.0. The Hall–Kier alpha value is -5.18. The maximum Gasteiger partial charge on any atom is 0.274 e. The summed E-state index contributed by atoms with van der Waals surface area (Å²) in [6, 6.07) is 8.42. The fourth-order valence-corrected chi connectivity index (χ4v) is 6.38. The highest BCUT2D eigenvalue weighted by molar-refractivity contribution is 7.09. The van der Waals surface area contributed by atoms with Crippen LogP contribution in [0.15, 0.2) is 46.3 Å². The van der Waals surface area contributed by atoms with Gasteiger partial charge in [-0.15, -0.1) is 11.3 Å².